The van der Waals surface area contributed by atoms with Gasteiger partial charge >= 0.3 is 0 Å². The minimum absolute atomic E-state index is 0.201. The average Bonchev–Trinajstić information content (AvgIpc) is 3.18. The third-order valence-corrected chi connectivity index (χ3v) is 5.21. The molecule has 0 saturated carbocycles. The van der Waals surface area contributed by atoms with Crippen LogP contribution in [-0.4, -0.2) is 41.4 Å². The molecule has 4 rings (SSSR count). The number of nitrogens with zero attached hydrogens (tertiary/aromatic N) is 4. The number of halogens is 1. The van der Waals surface area contributed by atoms with Crippen molar-refractivity contribution in [1.82, 2.24) is 5.01 Å². The van der Waals surface area contributed by atoms with Crippen molar-refractivity contribution in [2.45, 2.75) is 25.9 Å². The first-order valence-corrected chi connectivity index (χ1v) is 9.41. The SMILES string of the molecule is Cc1cccc(C)c1N1C(=O)[C@@H]2[C@@H](N=NN2CC(=O)Nc2ccc(Cl)cc2)C1=O. The van der Waals surface area contributed by atoms with Crippen molar-refractivity contribution in [3.63, 3.8) is 0 Å². The molecule has 1 N–H and O–H groups in total. The monoisotopic (exact) mass is 411 g/mol. The fraction of sp³-hybridized carbons (Fsp3) is 0.250. The number of hydrogen-bond acceptors (Lipinski definition) is 6. The van der Waals surface area contributed by atoms with Crippen LogP contribution >= 0.6 is 11.6 Å². The van der Waals surface area contributed by atoms with E-state index in [0.29, 0.717) is 16.4 Å². The Bertz CT molecular complexity index is 1020. The van der Waals surface area contributed by atoms with Crippen LogP contribution in [0.4, 0.5) is 11.4 Å². The first-order valence-electron chi connectivity index (χ1n) is 9.03. The van der Waals surface area contributed by atoms with Gasteiger partial charge < -0.3 is 5.32 Å². The molecule has 8 nitrogen and oxygen atoms in total. The Hall–Kier alpha value is -3.26. The number of carbonyl (C=O) groups excluding carboxylic acids is 3. The zero-order chi connectivity index (χ0) is 20.7. The van der Waals surface area contributed by atoms with Gasteiger partial charge in [0, 0.05) is 10.7 Å². The summed E-state index contributed by atoms with van der Waals surface area (Å²) in [6.45, 7) is 3.48. The molecule has 2 aliphatic rings. The smallest absolute Gasteiger partial charge is 0.263 e. The summed E-state index contributed by atoms with van der Waals surface area (Å²) in [4.78, 5) is 39.5. The van der Waals surface area contributed by atoms with Gasteiger partial charge in [-0.3, -0.25) is 19.4 Å². The molecule has 0 aliphatic carbocycles. The largest absolute Gasteiger partial charge is 0.324 e. The number of imide groups is 1. The van der Waals surface area contributed by atoms with Crippen LogP contribution < -0.4 is 10.2 Å². The standard InChI is InChI=1S/C20H18ClN5O3/c1-11-4-3-5-12(2)17(11)26-19(28)16-18(20(26)29)25(24-23-16)10-15(27)22-14-8-6-13(21)7-9-14/h3-9,16,18H,10H2,1-2H3,(H,22,27)/t16-,18+/m1/s1. The van der Waals surface area contributed by atoms with Gasteiger partial charge in [0.15, 0.2) is 12.1 Å². The summed E-state index contributed by atoms with van der Waals surface area (Å²) in [6, 6.07) is 10.3. The number of carbonyl (C=O) groups is 3. The zero-order valence-electron chi connectivity index (χ0n) is 15.8. The quantitative estimate of drug-likeness (QED) is 0.782. The Morgan fingerprint density at radius 3 is 2.38 bits per heavy atom. The van der Waals surface area contributed by atoms with Gasteiger partial charge in [0.2, 0.25) is 5.91 Å². The summed E-state index contributed by atoms with van der Waals surface area (Å²) in [7, 11) is 0. The first kappa shape index (κ1) is 19.1. The zero-order valence-corrected chi connectivity index (χ0v) is 16.6. The second-order valence-electron chi connectivity index (χ2n) is 7.00. The molecule has 2 aliphatic heterocycles. The Kier molecular flexibility index (Phi) is 4.79. The Balaban J connectivity index is 1.52. The molecule has 0 bridgehead atoms. The highest BCUT2D eigenvalue weighted by Gasteiger charge is 2.55. The highest BCUT2D eigenvalue weighted by Crippen LogP contribution is 2.35. The Morgan fingerprint density at radius 1 is 1.07 bits per heavy atom. The van der Waals surface area contributed by atoms with Gasteiger partial charge in [-0.05, 0) is 49.2 Å². The highest BCUT2D eigenvalue weighted by atomic mass is 35.5. The number of benzene rings is 2. The third kappa shape index (κ3) is 3.36. The van der Waals surface area contributed by atoms with E-state index in [-0.39, 0.29) is 12.5 Å². The predicted molar refractivity (Wildman–Crippen MR) is 108 cm³/mol. The molecule has 0 spiro atoms. The lowest BCUT2D eigenvalue weighted by Crippen LogP contribution is -2.43. The van der Waals surface area contributed by atoms with Crippen molar-refractivity contribution >= 4 is 40.7 Å². The number of aryl methyl sites for hydroxylation is 2. The molecule has 1 fully saturated rings. The Labute approximate surface area is 172 Å². The van der Waals surface area contributed by atoms with Crippen molar-refractivity contribution in [3.05, 3.63) is 58.6 Å². The normalized spacial score (nSPS) is 20.4. The van der Waals surface area contributed by atoms with E-state index in [0.717, 1.165) is 11.1 Å². The van der Waals surface area contributed by atoms with Crippen molar-refractivity contribution < 1.29 is 14.4 Å². The number of hydrogen-bond donors (Lipinski definition) is 1. The molecule has 2 aromatic rings. The summed E-state index contributed by atoms with van der Waals surface area (Å²) < 4.78 is 0. The van der Waals surface area contributed by atoms with Crippen molar-refractivity contribution in [2.75, 3.05) is 16.8 Å². The lowest BCUT2D eigenvalue weighted by atomic mass is 10.1. The van der Waals surface area contributed by atoms with E-state index in [1.807, 2.05) is 32.0 Å². The van der Waals surface area contributed by atoms with E-state index in [1.54, 1.807) is 24.3 Å². The van der Waals surface area contributed by atoms with Gasteiger partial charge in [0.1, 0.15) is 6.54 Å². The first-order chi connectivity index (χ1) is 13.9. The molecule has 29 heavy (non-hydrogen) atoms. The molecule has 148 valence electrons. The maximum atomic E-state index is 13.1. The summed E-state index contributed by atoms with van der Waals surface area (Å²) >= 11 is 5.84. The molecular weight excluding hydrogens is 394 g/mol. The molecule has 1 saturated heterocycles. The number of nitrogens with one attached hydrogen (secondary N) is 1. The summed E-state index contributed by atoms with van der Waals surface area (Å²) in [5.41, 5.74) is 2.77. The molecule has 0 unspecified atom stereocenters. The van der Waals surface area contributed by atoms with Gasteiger partial charge in [-0.2, -0.15) is 5.11 Å². The van der Waals surface area contributed by atoms with Crippen LogP contribution in [0.1, 0.15) is 11.1 Å². The van der Waals surface area contributed by atoms with Crippen LogP contribution in [0.25, 0.3) is 0 Å². The maximum absolute atomic E-state index is 13.1. The highest BCUT2D eigenvalue weighted by molar-refractivity contribution is 6.30. The van der Waals surface area contributed by atoms with Crippen molar-refractivity contribution in [2.24, 2.45) is 10.3 Å². The summed E-state index contributed by atoms with van der Waals surface area (Å²) in [6.07, 6.45) is 0. The van der Waals surface area contributed by atoms with Crippen LogP contribution in [-0.2, 0) is 14.4 Å². The molecule has 3 amide bonds. The van der Waals surface area contributed by atoms with Crippen LogP contribution in [0.5, 0.6) is 0 Å². The van der Waals surface area contributed by atoms with E-state index >= 15 is 0 Å². The topological polar surface area (TPSA) is 94.4 Å². The van der Waals surface area contributed by atoms with Crippen LogP contribution in [0.2, 0.25) is 5.02 Å². The lowest BCUT2D eigenvalue weighted by Gasteiger charge is -2.22. The Morgan fingerprint density at radius 2 is 1.72 bits per heavy atom. The molecule has 2 heterocycles. The number of anilines is 2. The van der Waals surface area contributed by atoms with Gasteiger partial charge in [0.05, 0.1) is 5.69 Å². The molecule has 2 aromatic carbocycles. The maximum Gasteiger partial charge on any atom is 0.263 e. The van der Waals surface area contributed by atoms with E-state index in [4.69, 9.17) is 11.6 Å². The second-order valence-corrected chi connectivity index (χ2v) is 7.44. The van der Waals surface area contributed by atoms with Gasteiger partial charge in [-0.25, -0.2) is 4.90 Å². The lowest BCUT2D eigenvalue weighted by molar-refractivity contribution is -0.123. The summed E-state index contributed by atoms with van der Waals surface area (Å²) in [5, 5.41) is 12.4. The minimum atomic E-state index is -0.940. The number of para-hydroxylation sites is 1. The molecule has 9 heteroatoms. The molecule has 2 atom stereocenters. The van der Waals surface area contributed by atoms with Gasteiger partial charge in [-0.1, -0.05) is 35.0 Å². The van der Waals surface area contributed by atoms with Gasteiger partial charge in [-0.15, -0.1) is 0 Å². The van der Waals surface area contributed by atoms with Crippen LogP contribution in [0.3, 0.4) is 0 Å². The fourth-order valence-corrected chi connectivity index (χ4v) is 3.74. The number of fused-ring (bicyclic) bond motifs is 1. The molecule has 0 radical (unpaired) electrons. The number of rotatable bonds is 4. The fourth-order valence-electron chi connectivity index (χ4n) is 3.61. The van der Waals surface area contributed by atoms with Crippen LogP contribution in [0.15, 0.2) is 52.8 Å². The second kappa shape index (κ2) is 7.29. The van der Waals surface area contributed by atoms with Crippen molar-refractivity contribution in [3.8, 4) is 0 Å². The van der Waals surface area contributed by atoms with Gasteiger partial charge in [0.25, 0.3) is 11.8 Å². The molecular formula is C20H18ClN5O3. The van der Waals surface area contributed by atoms with E-state index in [9.17, 15) is 14.4 Å². The van der Waals surface area contributed by atoms with E-state index in [1.165, 1.54) is 9.91 Å². The van der Waals surface area contributed by atoms with E-state index < -0.39 is 23.9 Å². The molecule has 0 aromatic heterocycles. The van der Waals surface area contributed by atoms with Crippen molar-refractivity contribution in [1.29, 1.82) is 0 Å². The van der Waals surface area contributed by atoms with E-state index in [2.05, 4.69) is 15.7 Å². The minimum Gasteiger partial charge on any atom is -0.324 e. The van der Waals surface area contributed by atoms with Crippen LogP contribution in [0, 0.1) is 13.8 Å². The summed E-state index contributed by atoms with van der Waals surface area (Å²) in [5.74, 6) is -1.24. The average molecular weight is 412 g/mol. The number of amides is 3. The predicted octanol–water partition coefficient (Wildman–Crippen LogP) is 2.89. The third-order valence-electron chi connectivity index (χ3n) is 4.95.